The van der Waals surface area contributed by atoms with Crippen LogP contribution in [-0.4, -0.2) is 23.1 Å². The quantitative estimate of drug-likeness (QED) is 0.0760. The summed E-state index contributed by atoms with van der Waals surface area (Å²) in [4.78, 5) is 23.0. The summed E-state index contributed by atoms with van der Waals surface area (Å²) < 4.78 is 5.42. The van der Waals surface area contributed by atoms with Crippen molar-refractivity contribution in [2.24, 2.45) is 0 Å². The Bertz CT molecular complexity index is 486. The molecule has 34 heavy (non-hydrogen) atoms. The van der Waals surface area contributed by atoms with E-state index in [0.717, 1.165) is 32.1 Å². The molecule has 0 aromatic carbocycles. The third-order valence-corrected chi connectivity index (χ3v) is 6.47. The summed E-state index contributed by atoms with van der Waals surface area (Å²) in [7, 11) is 0. The molecule has 1 atom stereocenters. The van der Waals surface area contributed by atoms with Crippen molar-refractivity contribution < 1.29 is 19.4 Å². The molecular formula is C30H56O4. The van der Waals surface area contributed by atoms with Crippen molar-refractivity contribution >= 4 is 11.9 Å². The summed E-state index contributed by atoms with van der Waals surface area (Å²) in [5, 5.41) is 9.00. The van der Waals surface area contributed by atoms with Crippen LogP contribution in [-0.2, 0) is 14.3 Å². The van der Waals surface area contributed by atoms with Crippen LogP contribution in [0.5, 0.6) is 0 Å². The van der Waals surface area contributed by atoms with E-state index in [4.69, 9.17) is 9.84 Å². The number of carbonyl (C=O) groups excluding carboxylic acids is 1. The Balaban J connectivity index is 3.46. The highest BCUT2D eigenvalue weighted by atomic mass is 16.5. The van der Waals surface area contributed by atoms with Gasteiger partial charge in [0.1, 0.15) is 6.10 Å². The van der Waals surface area contributed by atoms with Gasteiger partial charge < -0.3 is 9.84 Å². The Kier molecular flexibility index (Phi) is 25.3. The second-order valence-electron chi connectivity index (χ2n) is 9.95. The van der Waals surface area contributed by atoms with Crippen LogP contribution >= 0.6 is 0 Å². The SMILES string of the molecule is CCCCCCCC/C=C\CCCCCCCCCCCC(=O)OC(CCCCC)CC(=O)O. The molecule has 0 saturated carbocycles. The van der Waals surface area contributed by atoms with Crippen LogP contribution in [0.1, 0.15) is 162 Å². The Morgan fingerprint density at radius 3 is 1.59 bits per heavy atom. The molecule has 0 heterocycles. The molecule has 1 unspecified atom stereocenters. The number of esters is 1. The molecule has 0 radical (unpaired) electrons. The highest BCUT2D eigenvalue weighted by Crippen LogP contribution is 2.15. The first kappa shape index (κ1) is 32.7. The number of carboxylic acid groups (broad SMARTS) is 1. The minimum absolute atomic E-state index is 0.0784. The maximum atomic E-state index is 12.0. The molecule has 0 fully saturated rings. The fourth-order valence-electron chi connectivity index (χ4n) is 4.31. The van der Waals surface area contributed by atoms with Gasteiger partial charge in [0.05, 0.1) is 6.42 Å². The zero-order valence-electron chi connectivity index (χ0n) is 22.7. The summed E-state index contributed by atoms with van der Waals surface area (Å²) in [6.45, 7) is 4.38. The molecule has 4 nitrogen and oxygen atoms in total. The van der Waals surface area contributed by atoms with Crippen molar-refractivity contribution in [2.75, 3.05) is 0 Å². The van der Waals surface area contributed by atoms with E-state index in [0.29, 0.717) is 12.8 Å². The zero-order valence-corrected chi connectivity index (χ0v) is 22.7. The minimum Gasteiger partial charge on any atom is -0.481 e. The molecule has 0 aliphatic carbocycles. The molecule has 0 aliphatic rings. The van der Waals surface area contributed by atoms with Gasteiger partial charge in [0.15, 0.2) is 0 Å². The summed E-state index contributed by atoms with van der Waals surface area (Å²) >= 11 is 0. The lowest BCUT2D eigenvalue weighted by Gasteiger charge is -2.16. The van der Waals surface area contributed by atoms with E-state index in [9.17, 15) is 9.59 Å². The Labute approximate surface area is 211 Å². The fourth-order valence-corrected chi connectivity index (χ4v) is 4.31. The number of allylic oxidation sites excluding steroid dienone is 2. The molecule has 0 aromatic rings. The second kappa shape index (κ2) is 26.3. The largest absolute Gasteiger partial charge is 0.481 e. The Morgan fingerprint density at radius 1 is 0.647 bits per heavy atom. The lowest BCUT2D eigenvalue weighted by Crippen LogP contribution is -2.21. The van der Waals surface area contributed by atoms with E-state index in [1.165, 1.54) is 96.3 Å². The van der Waals surface area contributed by atoms with E-state index in [1.54, 1.807) is 0 Å². The van der Waals surface area contributed by atoms with Crippen LogP contribution in [0, 0.1) is 0 Å². The number of unbranched alkanes of at least 4 members (excludes halogenated alkanes) is 17. The van der Waals surface area contributed by atoms with Gasteiger partial charge in [0.25, 0.3) is 0 Å². The van der Waals surface area contributed by atoms with Crippen molar-refractivity contribution in [1.82, 2.24) is 0 Å². The number of hydrogen-bond acceptors (Lipinski definition) is 3. The number of ether oxygens (including phenoxy) is 1. The first-order valence-electron chi connectivity index (χ1n) is 14.7. The minimum atomic E-state index is -0.894. The predicted molar refractivity (Wildman–Crippen MR) is 144 cm³/mol. The number of hydrogen-bond donors (Lipinski definition) is 1. The predicted octanol–water partition coefficient (Wildman–Crippen LogP) is 9.55. The highest BCUT2D eigenvalue weighted by molar-refractivity contribution is 5.71. The van der Waals surface area contributed by atoms with Crippen LogP contribution < -0.4 is 0 Å². The van der Waals surface area contributed by atoms with Crippen LogP contribution in [0.3, 0.4) is 0 Å². The van der Waals surface area contributed by atoms with Gasteiger partial charge in [-0.05, 0) is 44.9 Å². The average molecular weight is 481 g/mol. The van der Waals surface area contributed by atoms with Gasteiger partial charge in [-0.1, -0.05) is 116 Å². The van der Waals surface area contributed by atoms with Gasteiger partial charge in [-0.2, -0.15) is 0 Å². The van der Waals surface area contributed by atoms with Gasteiger partial charge in [0, 0.05) is 6.42 Å². The van der Waals surface area contributed by atoms with Crippen molar-refractivity contribution in [1.29, 1.82) is 0 Å². The lowest BCUT2D eigenvalue weighted by atomic mass is 10.1. The highest BCUT2D eigenvalue weighted by Gasteiger charge is 2.17. The molecule has 4 heteroatoms. The van der Waals surface area contributed by atoms with E-state index >= 15 is 0 Å². The van der Waals surface area contributed by atoms with Gasteiger partial charge in [-0.3, -0.25) is 9.59 Å². The maximum Gasteiger partial charge on any atom is 0.307 e. The van der Waals surface area contributed by atoms with Gasteiger partial charge in [0.2, 0.25) is 0 Å². The zero-order chi connectivity index (χ0) is 25.1. The van der Waals surface area contributed by atoms with E-state index < -0.39 is 12.1 Å². The molecule has 0 aliphatic heterocycles. The maximum absolute atomic E-state index is 12.0. The smallest absolute Gasteiger partial charge is 0.307 e. The van der Waals surface area contributed by atoms with Gasteiger partial charge in [-0.15, -0.1) is 0 Å². The monoisotopic (exact) mass is 480 g/mol. The van der Waals surface area contributed by atoms with Crippen LogP contribution in [0.15, 0.2) is 12.2 Å². The normalized spacial score (nSPS) is 12.3. The number of rotatable bonds is 26. The fraction of sp³-hybridized carbons (Fsp3) is 0.867. The molecular weight excluding hydrogens is 424 g/mol. The molecule has 0 bridgehead atoms. The Hall–Kier alpha value is -1.32. The van der Waals surface area contributed by atoms with E-state index in [-0.39, 0.29) is 12.4 Å². The standard InChI is InChI=1S/C30H56O4/c1-3-5-7-8-9-10-11-12-13-14-15-16-17-18-19-20-21-22-24-26-30(33)34-28(27-29(31)32)25-23-6-4-2/h12-13,28H,3-11,14-27H2,1-2H3,(H,31,32)/b13-12-. The van der Waals surface area contributed by atoms with E-state index in [2.05, 4.69) is 26.0 Å². The van der Waals surface area contributed by atoms with Crippen molar-refractivity contribution in [3.63, 3.8) is 0 Å². The van der Waals surface area contributed by atoms with Gasteiger partial charge in [-0.25, -0.2) is 0 Å². The molecule has 0 amide bonds. The average Bonchev–Trinajstić information content (AvgIpc) is 2.80. The van der Waals surface area contributed by atoms with Crippen LogP contribution in [0.25, 0.3) is 0 Å². The Morgan fingerprint density at radius 2 is 1.09 bits per heavy atom. The third-order valence-electron chi connectivity index (χ3n) is 6.47. The van der Waals surface area contributed by atoms with Crippen molar-refractivity contribution in [2.45, 2.75) is 168 Å². The van der Waals surface area contributed by atoms with Gasteiger partial charge >= 0.3 is 11.9 Å². The molecule has 0 aromatic heterocycles. The molecule has 0 saturated heterocycles. The summed E-state index contributed by atoms with van der Waals surface area (Å²) in [6, 6.07) is 0. The molecule has 1 N–H and O–H groups in total. The summed E-state index contributed by atoms with van der Waals surface area (Å²) in [5.41, 5.74) is 0. The number of carbonyl (C=O) groups is 2. The van der Waals surface area contributed by atoms with Crippen molar-refractivity contribution in [3.8, 4) is 0 Å². The van der Waals surface area contributed by atoms with Crippen molar-refractivity contribution in [3.05, 3.63) is 12.2 Å². The lowest BCUT2D eigenvalue weighted by molar-refractivity contribution is -0.153. The first-order chi connectivity index (χ1) is 16.6. The molecule has 200 valence electrons. The van der Waals surface area contributed by atoms with Crippen LogP contribution in [0.4, 0.5) is 0 Å². The first-order valence-corrected chi connectivity index (χ1v) is 14.7. The second-order valence-corrected chi connectivity index (χ2v) is 9.95. The van der Waals surface area contributed by atoms with Crippen LogP contribution in [0.2, 0.25) is 0 Å². The molecule has 0 spiro atoms. The van der Waals surface area contributed by atoms with E-state index in [1.807, 2.05) is 0 Å². The molecule has 0 rings (SSSR count). The third kappa shape index (κ3) is 25.3. The number of aliphatic carboxylic acids is 1. The summed E-state index contributed by atoms with van der Waals surface area (Å²) in [5.74, 6) is -1.13. The summed E-state index contributed by atoms with van der Waals surface area (Å²) in [6.07, 6.45) is 30.0. The number of carboxylic acids is 1. The topological polar surface area (TPSA) is 63.6 Å².